The highest BCUT2D eigenvalue weighted by molar-refractivity contribution is 5.98. The Morgan fingerprint density at radius 3 is 2.48 bits per heavy atom. The van der Waals surface area contributed by atoms with Crippen molar-refractivity contribution in [1.29, 1.82) is 5.26 Å². The molecule has 0 unspecified atom stereocenters. The Hall–Kier alpha value is -3.91. The topological polar surface area (TPSA) is 79.2 Å². The second-order valence-electron chi connectivity index (χ2n) is 6.55. The van der Waals surface area contributed by atoms with Crippen molar-refractivity contribution in [3.63, 3.8) is 0 Å². The molecule has 0 fully saturated rings. The predicted octanol–water partition coefficient (Wildman–Crippen LogP) is 4.33. The summed E-state index contributed by atoms with van der Waals surface area (Å²) in [5.41, 5.74) is 3.25. The van der Waals surface area contributed by atoms with Crippen molar-refractivity contribution in [1.82, 2.24) is 0 Å². The normalized spacial score (nSPS) is 11.2. The van der Waals surface area contributed by atoms with E-state index in [0.29, 0.717) is 23.2 Å². The van der Waals surface area contributed by atoms with E-state index >= 15 is 0 Å². The Bertz CT molecular complexity index is 1050. The molecular formula is C24H20N2O3. The molecule has 1 N–H and O–H groups in total. The van der Waals surface area contributed by atoms with Crippen molar-refractivity contribution in [2.24, 2.45) is 0 Å². The van der Waals surface area contributed by atoms with Gasteiger partial charge in [-0.15, -0.1) is 0 Å². The summed E-state index contributed by atoms with van der Waals surface area (Å²) in [4.78, 5) is 25.1. The number of nitrogens with zero attached hydrogens (tertiary/aromatic N) is 1. The van der Waals surface area contributed by atoms with Gasteiger partial charge in [0.15, 0.2) is 6.10 Å². The number of nitriles is 1. The van der Waals surface area contributed by atoms with E-state index in [0.717, 1.165) is 11.1 Å². The number of nitrogens with one attached hydrogen (secondary N) is 1. The SMILES string of the molecule is C[C@@H](OC(=O)c1ccccc1Cc1ccccc1)C(=O)Nc1cccc(C#N)c1. The number of carbonyl (C=O) groups is 2. The maximum absolute atomic E-state index is 12.7. The van der Waals surface area contributed by atoms with Gasteiger partial charge >= 0.3 is 5.97 Å². The first kappa shape index (κ1) is 19.8. The molecule has 0 aromatic heterocycles. The van der Waals surface area contributed by atoms with Crippen molar-refractivity contribution >= 4 is 17.6 Å². The summed E-state index contributed by atoms with van der Waals surface area (Å²) in [5, 5.41) is 11.6. The molecular weight excluding hydrogens is 364 g/mol. The van der Waals surface area contributed by atoms with E-state index in [4.69, 9.17) is 10.00 Å². The van der Waals surface area contributed by atoms with E-state index in [1.807, 2.05) is 48.5 Å². The predicted molar refractivity (Wildman–Crippen MR) is 110 cm³/mol. The third-order valence-corrected chi connectivity index (χ3v) is 4.39. The minimum atomic E-state index is -0.988. The molecule has 0 radical (unpaired) electrons. The van der Waals surface area contributed by atoms with Crippen molar-refractivity contribution in [2.75, 3.05) is 5.32 Å². The summed E-state index contributed by atoms with van der Waals surface area (Å²) in [6.45, 7) is 1.52. The van der Waals surface area contributed by atoms with E-state index in [1.165, 1.54) is 6.92 Å². The molecule has 0 aliphatic rings. The van der Waals surface area contributed by atoms with Gasteiger partial charge in [-0.3, -0.25) is 4.79 Å². The van der Waals surface area contributed by atoms with Gasteiger partial charge in [0.05, 0.1) is 17.2 Å². The second-order valence-corrected chi connectivity index (χ2v) is 6.55. The van der Waals surface area contributed by atoms with Crippen LogP contribution in [0.3, 0.4) is 0 Å². The molecule has 0 aliphatic heterocycles. The van der Waals surface area contributed by atoms with E-state index in [9.17, 15) is 9.59 Å². The monoisotopic (exact) mass is 384 g/mol. The lowest BCUT2D eigenvalue weighted by molar-refractivity contribution is -0.123. The Morgan fingerprint density at radius 2 is 1.72 bits per heavy atom. The van der Waals surface area contributed by atoms with Crippen LogP contribution in [0.25, 0.3) is 0 Å². The molecule has 0 heterocycles. The number of hydrogen-bond donors (Lipinski definition) is 1. The Morgan fingerprint density at radius 1 is 1.00 bits per heavy atom. The van der Waals surface area contributed by atoms with Crippen LogP contribution in [0.15, 0.2) is 78.9 Å². The Balaban J connectivity index is 1.68. The molecule has 5 nitrogen and oxygen atoms in total. The fraction of sp³-hybridized carbons (Fsp3) is 0.125. The first-order valence-electron chi connectivity index (χ1n) is 9.20. The quantitative estimate of drug-likeness (QED) is 0.642. The van der Waals surface area contributed by atoms with Crippen LogP contribution >= 0.6 is 0 Å². The van der Waals surface area contributed by atoms with Gasteiger partial charge in [0, 0.05) is 5.69 Å². The highest BCUT2D eigenvalue weighted by atomic mass is 16.5. The van der Waals surface area contributed by atoms with Crippen LogP contribution in [0, 0.1) is 11.3 Å². The van der Waals surface area contributed by atoms with Gasteiger partial charge in [0.1, 0.15) is 0 Å². The zero-order chi connectivity index (χ0) is 20.6. The molecule has 1 atom stereocenters. The minimum Gasteiger partial charge on any atom is -0.449 e. The van der Waals surface area contributed by atoms with Gasteiger partial charge in [-0.05, 0) is 48.7 Å². The zero-order valence-corrected chi connectivity index (χ0v) is 16.0. The van der Waals surface area contributed by atoms with Crippen LogP contribution in [0.5, 0.6) is 0 Å². The maximum Gasteiger partial charge on any atom is 0.339 e. The van der Waals surface area contributed by atoms with Crippen LogP contribution in [0.1, 0.15) is 34.0 Å². The molecule has 0 saturated heterocycles. The Labute approximate surface area is 169 Å². The second kappa shape index (κ2) is 9.34. The first-order valence-corrected chi connectivity index (χ1v) is 9.20. The van der Waals surface area contributed by atoms with Crippen LogP contribution in [-0.2, 0) is 16.0 Å². The molecule has 0 saturated carbocycles. The van der Waals surface area contributed by atoms with Crippen molar-refractivity contribution < 1.29 is 14.3 Å². The number of carbonyl (C=O) groups excluding carboxylic acids is 2. The van der Waals surface area contributed by atoms with E-state index in [-0.39, 0.29) is 0 Å². The smallest absolute Gasteiger partial charge is 0.339 e. The minimum absolute atomic E-state index is 0.433. The number of anilines is 1. The van der Waals surface area contributed by atoms with Crippen molar-refractivity contribution in [3.05, 3.63) is 101 Å². The molecule has 3 aromatic rings. The van der Waals surface area contributed by atoms with Crippen LogP contribution in [-0.4, -0.2) is 18.0 Å². The lowest BCUT2D eigenvalue weighted by Crippen LogP contribution is -2.30. The first-order chi connectivity index (χ1) is 14.1. The number of benzene rings is 3. The fourth-order valence-electron chi connectivity index (χ4n) is 2.88. The zero-order valence-electron chi connectivity index (χ0n) is 16.0. The number of esters is 1. The number of amides is 1. The fourth-order valence-corrected chi connectivity index (χ4v) is 2.88. The highest BCUT2D eigenvalue weighted by Crippen LogP contribution is 2.17. The van der Waals surface area contributed by atoms with E-state index < -0.39 is 18.0 Å². The lowest BCUT2D eigenvalue weighted by atomic mass is 10.00. The van der Waals surface area contributed by atoms with Gasteiger partial charge < -0.3 is 10.1 Å². The summed E-state index contributed by atoms with van der Waals surface area (Å²) in [6, 6.07) is 25.6. The summed E-state index contributed by atoms with van der Waals surface area (Å²) in [7, 11) is 0. The van der Waals surface area contributed by atoms with Gasteiger partial charge in [-0.2, -0.15) is 5.26 Å². The standard InChI is InChI=1S/C24H20N2O3/c1-17(23(27)26-21-12-7-10-19(15-21)16-25)29-24(28)22-13-6-5-11-20(22)14-18-8-3-2-4-9-18/h2-13,15,17H,14H2,1H3,(H,26,27)/t17-/m1/s1. The average Bonchev–Trinajstić information content (AvgIpc) is 2.75. The van der Waals surface area contributed by atoms with Gasteiger partial charge in [0.2, 0.25) is 0 Å². The van der Waals surface area contributed by atoms with Crippen LogP contribution in [0.4, 0.5) is 5.69 Å². The van der Waals surface area contributed by atoms with Gasteiger partial charge in [-0.1, -0.05) is 54.6 Å². The third-order valence-electron chi connectivity index (χ3n) is 4.39. The molecule has 0 bridgehead atoms. The maximum atomic E-state index is 12.7. The summed E-state index contributed by atoms with van der Waals surface area (Å²) >= 11 is 0. The van der Waals surface area contributed by atoms with Gasteiger partial charge in [-0.25, -0.2) is 4.79 Å². The molecule has 0 spiro atoms. The van der Waals surface area contributed by atoms with E-state index in [2.05, 4.69) is 5.32 Å². The van der Waals surface area contributed by atoms with E-state index in [1.54, 1.807) is 36.4 Å². The van der Waals surface area contributed by atoms with Gasteiger partial charge in [0.25, 0.3) is 5.91 Å². The summed E-state index contributed by atoms with van der Waals surface area (Å²) < 4.78 is 5.39. The van der Waals surface area contributed by atoms with Crippen molar-refractivity contribution in [2.45, 2.75) is 19.4 Å². The number of hydrogen-bond acceptors (Lipinski definition) is 4. The molecule has 3 rings (SSSR count). The van der Waals surface area contributed by atoms with Crippen LogP contribution in [0.2, 0.25) is 0 Å². The molecule has 3 aromatic carbocycles. The summed E-state index contributed by atoms with van der Waals surface area (Å²) in [5.74, 6) is -1.01. The summed E-state index contributed by atoms with van der Waals surface area (Å²) in [6.07, 6.45) is -0.397. The van der Waals surface area contributed by atoms with Crippen LogP contribution < -0.4 is 5.32 Å². The number of ether oxygens (including phenoxy) is 1. The number of rotatable bonds is 6. The molecule has 0 aliphatic carbocycles. The lowest BCUT2D eigenvalue weighted by Gasteiger charge is -2.15. The Kier molecular flexibility index (Phi) is 6.39. The molecule has 5 heteroatoms. The average molecular weight is 384 g/mol. The highest BCUT2D eigenvalue weighted by Gasteiger charge is 2.21. The largest absolute Gasteiger partial charge is 0.449 e. The molecule has 29 heavy (non-hydrogen) atoms. The molecule has 1 amide bonds. The third kappa shape index (κ3) is 5.30. The molecule has 144 valence electrons. The van der Waals surface area contributed by atoms with Crippen molar-refractivity contribution in [3.8, 4) is 6.07 Å².